The molecular weight excluding hydrogens is 621 g/mol. The molecule has 6 heteroatoms. The van der Waals surface area contributed by atoms with E-state index in [-0.39, 0.29) is 11.7 Å². The van der Waals surface area contributed by atoms with Crippen LogP contribution in [0.5, 0.6) is 5.75 Å². The molecular formula is C16H9I3O3. The van der Waals surface area contributed by atoms with Crippen molar-refractivity contribution in [2.75, 3.05) is 0 Å². The Kier molecular flexibility index (Phi) is 4.98. The molecule has 0 amide bonds. The van der Waals surface area contributed by atoms with Gasteiger partial charge in [0.2, 0.25) is 0 Å². The van der Waals surface area contributed by atoms with Gasteiger partial charge in [0.05, 0.1) is 5.56 Å². The highest BCUT2D eigenvalue weighted by Gasteiger charge is 2.23. The normalized spacial score (nSPS) is 12.8. The molecule has 2 aromatic rings. The van der Waals surface area contributed by atoms with Crippen molar-refractivity contribution in [2.45, 2.75) is 6.42 Å². The van der Waals surface area contributed by atoms with Crippen LogP contribution in [0.25, 0.3) is 5.76 Å². The lowest BCUT2D eigenvalue weighted by atomic mass is 10.1. The Labute approximate surface area is 168 Å². The highest BCUT2D eigenvalue weighted by molar-refractivity contribution is 14.1. The molecule has 0 radical (unpaired) electrons. The number of carbonyl (C=O) groups excluding carboxylic acids is 1. The summed E-state index contributed by atoms with van der Waals surface area (Å²) in [7, 11) is 0. The lowest BCUT2D eigenvalue weighted by Crippen LogP contribution is -2.09. The van der Waals surface area contributed by atoms with Gasteiger partial charge in [0.15, 0.2) is 0 Å². The third kappa shape index (κ3) is 3.14. The SMILES string of the molecule is O=C(OC1=CCc2cc(O)ccc21)c1c(I)ccc(I)c1I. The first kappa shape index (κ1) is 16.5. The number of benzene rings is 2. The molecule has 0 atom stereocenters. The Morgan fingerprint density at radius 1 is 1.09 bits per heavy atom. The molecule has 1 aliphatic rings. The van der Waals surface area contributed by atoms with Crippen LogP contribution >= 0.6 is 67.8 Å². The number of halogens is 3. The zero-order valence-electron chi connectivity index (χ0n) is 11.1. The number of carbonyl (C=O) groups is 1. The second-order valence-electron chi connectivity index (χ2n) is 4.72. The number of phenols is 1. The van der Waals surface area contributed by atoms with E-state index in [0.29, 0.717) is 17.7 Å². The standard InChI is InChI=1S/C16H9I3O3/c17-11-4-5-12(18)15(19)14(11)16(21)22-13-6-1-8-7-9(20)2-3-10(8)13/h2-7,20H,1H2. The van der Waals surface area contributed by atoms with Crippen LogP contribution in [0.2, 0.25) is 0 Å². The van der Waals surface area contributed by atoms with Crippen molar-refractivity contribution >= 4 is 79.5 Å². The maximum Gasteiger partial charge on any atom is 0.345 e. The van der Waals surface area contributed by atoms with Crippen molar-refractivity contribution in [1.82, 2.24) is 0 Å². The zero-order valence-corrected chi connectivity index (χ0v) is 17.5. The van der Waals surface area contributed by atoms with Crippen LogP contribution in [0, 0.1) is 10.7 Å². The minimum absolute atomic E-state index is 0.224. The summed E-state index contributed by atoms with van der Waals surface area (Å²) in [5.41, 5.74) is 2.43. The number of fused-ring (bicyclic) bond motifs is 1. The summed E-state index contributed by atoms with van der Waals surface area (Å²) in [5, 5.41) is 9.51. The Morgan fingerprint density at radius 2 is 1.82 bits per heavy atom. The number of allylic oxidation sites excluding steroid dienone is 1. The van der Waals surface area contributed by atoms with Gasteiger partial charge in [0.1, 0.15) is 11.5 Å². The van der Waals surface area contributed by atoms with Gasteiger partial charge in [-0.15, -0.1) is 0 Å². The second-order valence-corrected chi connectivity index (χ2v) is 8.12. The summed E-state index contributed by atoms with van der Waals surface area (Å²) < 4.78 is 8.41. The van der Waals surface area contributed by atoms with Gasteiger partial charge in [-0.25, -0.2) is 4.79 Å². The average Bonchev–Trinajstić information content (AvgIpc) is 2.85. The molecule has 3 nitrogen and oxygen atoms in total. The first-order valence-electron chi connectivity index (χ1n) is 6.35. The van der Waals surface area contributed by atoms with Crippen LogP contribution < -0.4 is 0 Å². The van der Waals surface area contributed by atoms with E-state index >= 15 is 0 Å². The van der Waals surface area contributed by atoms with E-state index in [0.717, 1.165) is 21.8 Å². The number of esters is 1. The Bertz CT molecular complexity index is 813. The minimum atomic E-state index is -0.348. The van der Waals surface area contributed by atoms with Crippen LogP contribution in [0.1, 0.15) is 21.5 Å². The third-order valence-electron chi connectivity index (χ3n) is 3.31. The smallest absolute Gasteiger partial charge is 0.345 e. The van der Waals surface area contributed by atoms with Crippen LogP contribution in [0.4, 0.5) is 0 Å². The molecule has 0 bridgehead atoms. The fourth-order valence-corrected chi connectivity index (χ4v) is 4.59. The van der Waals surface area contributed by atoms with E-state index in [9.17, 15) is 9.90 Å². The lowest BCUT2D eigenvalue weighted by Gasteiger charge is -2.11. The lowest BCUT2D eigenvalue weighted by molar-refractivity contribution is 0.0690. The number of ether oxygens (including phenoxy) is 1. The van der Waals surface area contributed by atoms with Gasteiger partial charge >= 0.3 is 5.97 Å². The van der Waals surface area contributed by atoms with E-state index in [1.165, 1.54) is 0 Å². The zero-order chi connectivity index (χ0) is 15.9. The molecule has 0 saturated heterocycles. The predicted molar refractivity (Wildman–Crippen MR) is 110 cm³/mol. The first-order valence-corrected chi connectivity index (χ1v) is 9.59. The van der Waals surface area contributed by atoms with E-state index in [2.05, 4.69) is 67.8 Å². The molecule has 0 unspecified atom stereocenters. The van der Waals surface area contributed by atoms with E-state index in [4.69, 9.17) is 4.74 Å². The van der Waals surface area contributed by atoms with Crippen molar-refractivity contribution in [3.05, 3.63) is 63.8 Å². The molecule has 0 aliphatic heterocycles. The summed E-state index contributed by atoms with van der Waals surface area (Å²) in [6.45, 7) is 0. The van der Waals surface area contributed by atoms with Gasteiger partial charge < -0.3 is 9.84 Å². The summed E-state index contributed by atoms with van der Waals surface area (Å²) in [5.74, 6) is 0.436. The van der Waals surface area contributed by atoms with Crippen molar-refractivity contribution in [3.8, 4) is 5.75 Å². The van der Waals surface area contributed by atoms with E-state index < -0.39 is 0 Å². The molecule has 0 heterocycles. The van der Waals surface area contributed by atoms with Gasteiger partial charge in [0, 0.05) is 16.3 Å². The van der Waals surface area contributed by atoms with Crippen molar-refractivity contribution in [3.63, 3.8) is 0 Å². The quantitative estimate of drug-likeness (QED) is 0.290. The van der Waals surface area contributed by atoms with Crippen molar-refractivity contribution < 1.29 is 14.6 Å². The summed E-state index contributed by atoms with van der Waals surface area (Å²) in [6.07, 6.45) is 2.53. The monoisotopic (exact) mass is 630 g/mol. The average molecular weight is 630 g/mol. The van der Waals surface area contributed by atoms with Gasteiger partial charge in [-0.2, -0.15) is 0 Å². The molecule has 1 N–H and O–H groups in total. The first-order chi connectivity index (χ1) is 10.5. The largest absolute Gasteiger partial charge is 0.508 e. The minimum Gasteiger partial charge on any atom is -0.508 e. The van der Waals surface area contributed by atoms with E-state index in [1.54, 1.807) is 18.2 Å². The molecule has 1 aliphatic carbocycles. The molecule has 0 spiro atoms. The van der Waals surface area contributed by atoms with Crippen LogP contribution in [-0.4, -0.2) is 11.1 Å². The summed E-state index contributed by atoms with van der Waals surface area (Å²) >= 11 is 6.53. The van der Waals surface area contributed by atoms with Gasteiger partial charge in [-0.1, -0.05) is 0 Å². The molecule has 0 fully saturated rings. The topological polar surface area (TPSA) is 46.5 Å². The van der Waals surface area contributed by atoms with Gasteiger partial charge in [0.25, 0.3) is 0 Å². The molecule has 22 heavy (non-hydrogen) atoms. The van der Waals surface area contributed by atoms with Crippen LogP contribution in [0.15, 0.2) is 36.4 Å². The number of hydrogen-bond donors (Lipinski definition) is 1. The number of aromatic hydroxyl groups is 1. The molecule has 2 aromatic carbocycles. The molecule has 112 valence electrons. The Morgan fingerprint density at radius 3 is 2.59 bits per heavy atom. The second kappa shape index (κ2) is 6.63. The number of hydrogen-bond acceptors (Lipinski definition) is 3. The summed E-state index contributed by atoms with van der Waals surface area (Å²) in [6, 6.07) is 8.97. The highest BCUT2D eigenvalue weighted by atomic mass is 127. The van der Waals surface area contributed by atoms with Crippen LogP contribution in [-0.2, 0) is 11.2 Å². The fourth-order valence-electron chi connectivity index (χ4n) is 2.26. The Hall–Kier alpha value is -0.360. The van der Waals surface area contributed by atoms with Crippen molar-refractivity contribution in [1.29, 1.82) is 0 Å². The van der Waals surface area contributed by atoms with Gasteiger partial charge in [-0.05, 0) is 116 Å². The number of rotatable bonds is 2. The third-order valence-corrected chi connectivity index (χ3v) is 7.26. The predicted octanol–water partition coefficient (Wildman–Crippen LogP) is 4.96. The highest BCUT2D eigenvalue weighted by Crippen LogP contribution is 2.33. The van der Waals surface area contributed by atoms with Crippen molar-refractivity contribution in [2.24, 2.45) is 0 Å². The van der Waals surface area contributed by atoms with E-state index in [1.807, 2.05) is 18.2 Å². The molecule has 0 saturated carbocycles. The maximum atomic E-state index is 12.5. The number of phenolic OH excluding ortho intramolecular Hbond substituents is 1. The molecule has 3 rings (SSSR count). The molecule has 0 aromatic heterocycles. The fraction of sp³-hybridized carbons (Fsp3) is 0.0625. The maximum absolute atomic E-state index is 12.5. The summed E-state index contributed by atoms with van der Waals surface area (Å²) in [4.78, 5) is 12.5. The Balaban J connectivity index is 1.90. The van der Waals surface area contributed by atoms with Gasteiger partial charge in [-0.3, -0.25) is 0 Å². The van der Waals surface area contributed by atoms with Crippen LogP contribution in [0.3, 0.4) is 0 Å².